The second-order valence-electron chi connectivity index (χ2n) is 9.04. The fourth-order valence-electron chi connectivity index (χ4n) is 3.67. The lowest BCUT2D eigenvalue weighted by Gasteiger charge is -2.28. The summed E-state index contributed by atoms with van der Waals surface area (Å²) in [7, 11) is 1.65. The SMILES string of the molecule is COc1c(C)cnc(CN(C(=O)OC(C)(C)C)c2cc(C)cc(-c3ccccc3)c2)c1C. The summed E-state index contributed by atoms with van der Waals surface area (Å²) in [5.74, 6) is 0.786. The van der Waals surface area contributed by atoms with Crippen LogP contribution in [0.15, 0.2) is 54.7 Å². The molecule has 0 fully saturated rings. The number of rotatable bonds is 5. The van der Waals surface area contributed by atoms with Crippen LogP contribution in [0, 0.1) is 20.8 Å². The van der Waals surface area contributed by atoms with Crippen molar-refractivity contribution in [2.24, 2.45) is 0 Å². The first-order valence-electron chi connectivity index (χ1n) is 10.8. The van der Waals surface area contributed by atoms with E-state index in [9.17, 15) is 4.79 Å². The predicted molar refractivity (Wildman–Crippen MR) is 129 cm³/mol. The van der Waals surface area contributed by atoms with Crippen LogP contribution in [0.5, 0.6) is 5.75 Å². The summed E-state index contributed by atoms with van der Waals surface area (Å²) < 4.78 is 11.3. The number of anilines is 1. The molecule has 168 valence electrons. The Bertz CT molecular complexity index is 1100. The molecule has 5 heteroatoms. The van der Waals surface area contributed by atoms with Crippen LogP contribution >= 0.6 is 0 Å². The van der Waals surface area contributed by atoms with E-state index in [0.29, 0.717) is 0 Å². The van der Waals surface area contributed by atoms with Crippen molar-refractivity contribution in [3.8, 4) is 16.9 Å². The molecule has 3 aromatic rings. The van der Waals surface area contributed by atoms with Crippen LogP contribution in [0.2, 0.25) is 0 Å². The summed E-state index contributed by atoms with van der Waals surface area (Å²) >= 11 is 0. The van der Waals surface area contributed by atoms with Gasteiger partial charge in [0.25, 0.3) is 0 Å². The quantitative estimate of drug-likeness (QED) is 0.454. The Hall–Kier alpha value is -3.34. The molecule has 0 saturated heterocycles. The van der Waals surface area contributed by atoms with Gasteiger partial charge in [0, 0.05) is 23.0 Å². The molecular weight excluding hydrogens is 400 g/mol. The second kappa shape index (κ2) is 9.43. The number of carbonyl (C=O) groups is 1. The van der Waals surface area contributed by atoms with Gasteiger partial charge in [-0.05, 0) is 70.4 Å². The molecule has 0 unspecified atom stereocenters. The van der Waals surface area contributed by atoms with Crippen LogP contribution in [0.3, 0.4) is 0 Å². The van der Waals surface area contributed by atoms with E-state index in [1.165, 1.54) is 0 Å². The first kappa shape index (κ1) is 23.3. The van der Waals surface area contributed by atoms with E-state index in [0.717, 1.165) is 44.9 Å². The van der Waals surface area contributed by atoms with Crippen LogP contribution in [0.25, 0.3) is 11.1 Å². The van der Waals surface area contributed by atoms with Crippen LogP contribution in [-0.2, 0) is 11.3 Å². The number of carbonyl (C=O) groups excluding carboxylic acids is 1. The zero-order valence-corrected chi connectivity index (χ0v) is 20.0. The third-order valence-electron chi connectivity index (χ3n) is 5.15. The lowest BCUT2D eigenvalue weighted by Crippen LogP contribution is -2.37. The number of aryl methyl sites for hydroxylation is 2. The van der Waals surface area contributed by atoms with Crippen molar-refractivity contribution in [3.05, 3.63) is 77.1 Å². The third kappa shape index (κ3) is 5.47. The Balaban J connectivity index is 2.08. The van der Waals surface area contributed by atoms with E-state index in [4.69, 9.17) is 9.47 Å². The molecule has 32 heavy (non-hydrogen) atoms. The van der Waals surface area contributed by atoms with Gasteiger partial charge in [0.15, 0.2) is 0 Å². The Kier molecular flexibility index (Phi) is 6.87. The first-order chi connectivity index (χ1) is 15.1. The minimum Gasteiger partial charge on any atom is -0.496 e. The van der Waals surface area contributed by atoms with Crippen LogP contribution in [-0.4, -0.2) is 23.8 Å². The average Bonchev–Trinajstić information content (AvgIpc) is 2.72. The molecule has 0 N–H and O–H groups in total. The number of pyridine rings is 1. The summed E-state index contributed by atoms with van der Waals surface area (Å²) in [6.45, 7) is 11.8. The third-order valence-corrected chi connectivity index (χ3v) is 5.15. The highest BCUT2D eigenvalue weighted by Gasteiger charge is 2.26. The molecule has 1 heterocycles. The van der Waals surface area contributed by atoms with Gasteiger partial charge in [0.05, 0.1) is 19.3 Å². The normalized spacial score (nSPS) is 11.2. The van der Waals surface area contributed by atoms with Crippen molar-refractivity contribution in [3.63, 3.8) is 0 Å². The van der Waals surface area contributed by atoms with Crippen LogP contribution < -0.4 is 9.64 Å². The number of ether oxygens (including phenoxy) is 2. The molecule has 0 aliphatic rings. The smallest absolute Gasteiger partial charge is 0.415 e. The van der Waals surface area contributed by atoms with Crippen LogP contribution in [0.4, 0.5) is 10.5 Å². The van der Waals surface area contributed by atoms with E-state index >= 15 is 0 Å². The number of nitrogens with zero attached hydrogens (tertiary/aromatic N) is 2. The maximum Gasteiger partial charge on any atom is 0.415 e. The molecule has 0 saturated carbocycles. The number of hydrogen-bond donors (Lipinski definition) is 0. The van der Waals surface area contributed by atoms with Crippen molar-refractivity contribution in [2.45, 2.75) is 53.7 Å². The van der Waals surface area contributed by atoms with Gasteiger partial charge in [-0.25, -0.2) is 4.79 Å². The number of benzene rings is 2. The Morgan fingerprint density at radius 1 is 1.00 bits per heavy atom. The summed E-state index contributed by atoms with van der Waals surface area (Å²) in [5, 5.41) is 0. The van der Waals surface area contributed by atoms with Crippen molar-refractivity contribution < 1.29 is 14.3 Å². The Morgan fingerprint density at radius 3 is 2.31 bits per heavy atom. The van der Waals surface area contributed by atoms with Gasteiger partial charge in [-0.15, -0.1) is 0 Å². The standard InChI is InChI=1S/C27H32N2O3/c1-18-13-22(21-11-9-8-10-12-21)15-23(14-18)29(26(30)32-27(4,5)6)17-24-20(3)25(31-7)19(2)16-28-24/h8-16H,17H2,1-7H3. The fraction of sp³-hybridized carbons (Fsp3) is 0.333. The monoisotopic (exact) mass is 432 g/mol. The molecule has 0 spiro atoms. The minimum absolute atomic E-state index is 0.273. The van der Waals surface area contributed by atoms with Gasteiger partial charge in [-0.3, -0.25) is 9.88 Å². The number of amides is 1. The summed E-state index contributed by atoms with van der Waals surface area (Å²) in [6, 6.07) is 16.3. The Morgan fingerprint density at radius 2 is 1.69 bits per heavy atom. The highest BCUT2D eigenvalue weighted by Crippen LogP contribution is 2.31. The van der Waals surface area contributed by atoms with E-state index in [2.05, 4.69) is 23.2 Å². The number of hydrogen-bond acceptors (Lipinski definition) is 4. The second-order valence-corrected chi connectivity index (χ2v) is 9.04. The van der Waals surface area contributed by atoms with Crippen molar-refractivity contribution in [1.82, 2.24) is 4.98 Å². The zero-order valence-electron chi connectivity index (χ0n) is 20.0. The van der Waals surface area contributed by atoms with Crippen molar-refractivity contribution in [2.75, 3.05) is 12.0 Å². The molecule has 5 nitrogen and oxygen atoms in total. The van der Waals surface area contributed by atoms with E-state index in [1.54, 1.807) is 18.2 Å². The molecule has 0 aliphatic carbocycles. The van der Waals surface area contributed by atoms with Gasteiger partial charge in [0.2, 0.25) is 0 Å². The molecule has 0 bridgehead atoms. The minimum atomic E-state index is -0.616. The molecular formula is C27H32N2O3. The van der Waals surface area contributed by atoms with Gasteiger partial charge >= 0.3 is 6.09 Å². The molecule has 1 amide bonds. The van der Waals surface area contributed by atoms with Gasteiger partial charge in [-0.2, -0.15) is 0 Å². The molecule has 0 atom stereocenters. The summed E-state index contributed by atoms with van der Waals surface area (Å²) in [5.41, 5.74) is 5.97. The molecule has 1 aromatic heterocycles. The average molecular weight is 433 g/mol. The topological polar surface area (TPSA) is 51.7 Å². The highest BCUT2D eigenvalue weighted by atomic mass is 16.6. The number of aromatic nitrogens is 1. The summed E-state index contributed by atoms with van der Waals surface area (Å²) in [4.78, 5) is 19.6. The first-order valence-corrected chi connectivity index (χ1v) is 10.8. The lowest BCUT2D eigenvalue weighted by atomic mass is 10.0. The van der Waals surface area contributed by atoms with Crippen molar-refractivity contribution >= 4 is 11.8 Å². The van der Waals surface area contributed by atoms with Crippen LogP contribution in [0.1, 0.15) is 43.2 Å². The van der Waals surface area contributed by atoms with Gasteiger partial charge in [0.1, 0.15) is 11.4 Å². The van der Waals surface area contributed by atoms with E-state index in [-0.39, 0.29) is 6.54 Å². The van der Waals surface area contributed by atoms with Gasteiger partial charge < -0.3 is 9.47 Å². The molecule has 0 radical (unpaired) electrons. The van der Waals surface area contributed by atoms with Gasteiger partial charge in [-0.1, -0.05) is 36.4 Å². The maximum atomic E-state index is 13.3. The molecule has 2 aromatic carbocycles. The number of methoxy groups -OCH3 is 1. The molecule has 0 aliphatic heterocycles. The fourth-order valence-corrected chi connectivity index (χ4v) is 3.67. The van der Waals surface area contributed by atoms with Crippen molar-refractivity contribution in [1.29, 1.82) is 0 Å². The maximum absolute atomic E-state index is 13.3. The largest absolute Gasteiger partial charge is 0.496 e. The predicted octanol–water partition coefficient (Wildman–Crippen LogP) is 6.62. The Labute approximate surface area is 191 Å². The zero-order chi connectivity index (χ0) is 23.5. The summed E-state index contributed by atoms with van der Waals surface area (Å²) in [6.07, 6.45) is 1.36. The lowest BCUT2D eigenvalue weighted by molar-refractivity contribution is 0.0577. The molecule has 3 rings (SSSR count). The highest BCUT2D eigenvalue weighted by molar-refractivity contribution is 5.89. The van der Waals surface area contributed by atoms with E-state index in [1.807, 2.05) is 71.9 Å². The van der Waals surface area contributed by atoms with E-state index < -0.39 is 11.7 Å².